The van der Waals surface area contributed by atoms with Crippen molar-refractivity contribution >= 4 is 29.3 Å². The van der Waals surface area contributed by atoms with Crippen LogP contribution in [0.25, 0.3) is 6.08 Å². The van der Waals surface area contributed by atoms with Gasteiger partial charge in [-0.25, -0.2) is 0 Å². The van der Waals surface area contributed by atoms with Crippen LogP contribution in [-0.4, -0.2) is 25.5 Å². The van der Waals surface area contributed by atoms with Gasteiger partial charge in [0.2, 0.25) is 0 Å². The third-order valence-electron chi connectivity index (χ3n) is 5.19. The number of carbonyl (C=O) groups excluding carboxylic acids is 2. The van der Waals surface area contributed by atoms with Gasteiger partial charge < -0.3 is 20.1 Å². The predicted octanol–water partition coefficient (Wildman–Crippen LogP) is 5.18. The van der Waals surface area contributed by atoms with Gasteiger partial charge in [0.1, 0.15) is 11.6 Å². The molecule has 2 N–H and O–H groups in total. The summed E-state index contributed by atoms with van der Waals surface area (Å²) in [7, 11) is 1.47. The predicted molar refractivity (Wildman–Crippen MR) is 136 cm³/mol. The molecule has 0 aromatic heterocycles. The molecule has 0 heterocycles. The highest BCUT2D eigenvalue weighted by Gasteiger charge is 2.13. The number of amides is 2. The van der Waals surface area contributed by atoms with Crippen LogP contribution < -0.4 is 20.1 Å². The first-order valence-electron chi connectivity index (χ1n) is 11.0. The summed E-state index contributed by atoms with van der Waals surface area (Å²) in [6.45, 7) is 5.62. The smallest absolute Gasteiger partial charge is 0.266 e. The third kappa shape index (κ3) is 6.95. The first-order valence-corrected chi connectivity index (χ1v) is 11.0. The summed E-state index contributed by atoms with van der Waals surface area (Å²) in [5.41, 5.74) is 4.93. The van der Waals surface area contributed by atoms with Crippen molar-refractivity contribution in [3.63, 3.8) is 0 Å². The van der Waals surface area contributed by atoms with E-state index in [1.165, 1.54) is 13.2 Å². The van der Waals surface area contributed by atoms with Crippen LogP contribution in [0.3, 0.4) is 0 Å². The molecule has 3 rings (SSSR count). The zero-order valence-electron chi connectivity index (χ0n) is 20.1. The second kappa shape index (κ2) is 11.5. The Morgan fingerprint density at radius 1 is 0.914 bits per heavy atom. The van der Waals surface area contributed by atoms with Crippen molar-refractivity contribution in [2.75, 3.05) is 24.4 Å². The molecular weight excluding hydrogens is 442 g/mol. The lowest BCUT2D eigenvalue weighted by Gasteiger charge is -2.12. The number of hydrogen-bond donors (Lipinski definition) is 2. The Labute approximate surface area is 205 Å². The van der Waals surface area contributed by atoms with Crippen molar-refractivity contribution in [2.45, 2.75) is 20.8 Å². The van der Waals surface area contributed by atoms with Crippen LogP contribution in [0.2, 0.25) is 0 Å². The van der Waals surface area contributed by atoms with Gasteiger partial charge in [-0.2, -0.15) is 5.26 Å². The molecule has 0 saturated heterocycles. The van der Waals surface area contributed by atoms with Crippen LogP contribution in [-0.2, 0) is 9.59 Å². The third-order valence-corrected chi connectivity index (χ3v) is 5.19. The van der Waals surface area contributed by atoms with Crippen LogP contribution >= 0.6 is 0 Å². The molecule has 0 radical (unpaired) electrons. The molecule has 0 saturated carbocycles. The maximum Gasteiger partial charge on any atom is 0.266 e. The number of aryl methyl sites for hydroxylation is 3. The molecule has 2 amide bonds. The number of nitriles is 1. The summed E-state index contributed by atoms with van der Waals surface area (Å²) in [5.74, 6) is -0.0860. The molecule has 35 heavy (non-hydrogen) atoms. The summed E-state index contributed by atoms with van der Waals surface area (Å²) < 4.78 is 11.0. The largest absolute Gasteiger partial charge is 0.493 e. The maximum absolute atomic E-state index is 12.7. The van der Waals surface area contributed by atoms with Crippen molar-refractivity contribution in [1.82, 2.24) is 0 Å². The summed E-state index contributed by atoms with van der Waals surface area (Å²) in [5, 5.41) is 15.1. The number of ether oxygens (including phenoxy) is 2. The quantitative estimate of drug-likeness (QED) is 0.350. The van der Waals surface area contributed by atoms with E-state index in [-0.39, 0.29) is 18.1 Å². The van der Waals surface area contributed by atoms with Crippen molar-refractivity contribution < 1.29 is 19.1 Å². The average Bonchev–Trinajstić information content (AvgIpc) is 2.84. The Morgan fingerprint density at radius 2 is 1.63 bits per heavy atom. The highest BCUT2D eigenvalue weighted by Crippen LogP contribution is 2.29. The summed E-state index contributed by atoms with van der Waals surface area (Å²) in [4.78, 5) is 24.9. The van der Waals surface area contributed by atoms with E-state index in [1.54, 1.807) is 18.2 Å². The van der Waals surface area contributed by atoms with E-state index in [0.717, 1.165) is 16.7 Å². The Kier molecular flexibility index (Phi) is 8.25. The highest BCUT2D eigenvalue weighted by molar-refractivity contribution is 6.10. The van der Waals surface area contributed by atoms with Gasteiger partial charge in [0, 0.05) is 11.4 Å². The zero-order chi connectivity index (χ0) is 25.4. The second-order valence-electron chi connectivity index (χ2n) is 8.06. The van der Waals surface area contributed by atoms with Crippen LogP contribution in [0.15, 0.2) is 66.2 Å². The average molecular weight is 470 g/mol. The number of anilines is 2. The van der Waals surface area contributed by atoms with E-state index in [1.807, 2.05) is 69.3 Å². The van der Waals surface area contributed by atoms with Gasteiger partial charge in [0.25, 0.3) is 11.8 Å². The molecule has 0 spiro atoms. The Hall–Kier alpha value is -4.57. The van der Waals surface area contributed by atoms with Crippen LogP contribution in [0.4, 0.5) is 11.4 Å². The molecular formula is C28H27N3O4. The molecule has 0 bridgehead atoms. The maximum atomic E-state index is 12.7. The number of hydrogen-bond acceptors (Lipinski definition) is 5. The number of carbonyl (C=O) groups is 2. The summed E-state index contributed by atoms with van der Waals surface area (Å²) in [6.07, 6.45) is 1.47. The number of nitrogens with one attached hydrogen (secondary N) is 2. The number of benzene rings is 3. The zero-order valence-corrected chi connectivity index (χ0v) is 20.1. The lowest BCUT2D eigenvalue weighted by atomic mass is 10.1. The minimum atomic E-state index is -0.508. The fourth-order valence-electron chi connectivity index (χ4n) is 3.33. The van der Waals surface area contributed by atoms with Gasteiger partial charge in [0.05, 0.1) is 7.11 Å². The van der Waals surface area contributed by atoms with E-state index < -0.39 is 5.91 Å². The van der Waals surface area contributed by atoms with Gasteiger partial charge >= 0.3 is 0 Å². The van der Waals surface area contributed by atoms with Crippen LogP contribution in [0.1, 0.15) is 22.3 Å². The molecule has 178 valence electrons. The molecule has 0 aliphatic rings. The molecule has 7 heteroatoms. The van der Waals surface area contributed by atoms with E-state index >= 15 is 0 Å². The highest BCUT2D eigenvalue weighted by atomic mass is 16.5. The summed E-state index contributed by atoms with van der Waals surface area (Å²) >= 11 is 0. The minimum absolute atomic E-state index is 0.0572. The van der Waals surface area contributed by atoms with E-state index in [2.05, 4.69) is 10.6 Å². The van der Waals surface area contributed by atoms with Gasteiger partial charge in [-0.15, -0.1) is 0 Å². The topological polar surface area (TPSA) is 100 Å². The van der Waals surface area contributed by atoms with Crippen molar-refractivity contribution in [2.24, 2.45) is 0 Å². The Bertz CT molecular complexity index is 1300. The molecule has 3 aromatic rings. The van der Waals surface area contributed by atoms with Gasteiger partial charge in [-0.1, -0.05) is 41.5 Å². The van der Waals surface area contributed by atoms with Gasteiger partial charge in [0.15, 0.2) is 18.1 Å². The first-order chi connectivity index (χ1) is 16.8. The number of rotatable bonds is 8. The van der Waals surface area contributed by atoms with Crippen molar-refractivity contribution in [1.29, 1.82) is 5.26 Å². The van der Waals surface area contributed by atoms with Gasteiger partial charge in [-0.3, -0.25) is 9.59 Å². The number of nitrogens with zero attached hydrogens (tertiary/aromatic N) is 1. The van der Waals surface area contributed by atoms with Crippen LogP contribution in [0.5, 0.6) is 11.5 Å². The fraction of sp³-hybridized carbons (Fsp3) is 0.179. The van der Waals surface area contributed by atoms with Crippen LogP contribution in [0, 0.1) is 32.1 Å². The normalized spacial score (nSPS) is 10.8. The molecule has 0 atom stereocenters. The van der Waals surface area contributed by atoms with Crippen molar-refractivity contribution in [3.8, 4) is 17.6 Å². The standard InChI is InChI=1S/C28H27N3O4/c1-18-5-9-23(10-6-18)30-27(32)17-35-25-12-8-21(15-26(25)34-4)14-22(16-29)28(33)31-24-11-7-19(2)13-20(24)3/h5-15H,17H2,1-4H3,(H,30,32)(H,31,33)/b22-14+. The molecule has 0 aliphatic carbocycles. The van der Waals surface area contributed by atoms with Gasteiger partial charge in [-0.05, 0) is 68.3 Å². The SMILES string of the molecule is COc1cc(/C=C(\C#N)C(=O)Nc2ccc(C)cc2C)ccc1OCC(=O)Nc1ccc(C)cc1. The molecule has 0 unspecified atom stereocenters. The molecule has 0 fully saturated rings. The van der Waals surface area contributed by atoms with Crippen molar-refractivity contribution in [3.05, 3.63) is 88.5 Å². The van der Waals surface area contributed by atoms with E-state index in [4.69, 9.17) is 9.47 Å². The first kappa shape index (κ1) is 25.1. The second-order valence-corrected chi connectivity index (χ2v) is 8.06. The van der Waals surface area contributed by atoms with E-state index in [9.17, 15) is 14.9 Å². The molecule has 0 aliphatic heterocycles. The van der Waals surface area contributed by atoms with E-state index in [0.29, 0.717) is 28.4 Å². The Balaban J connectivity index is 1.68. The number of methoxy groups -OCH3 is 1. The summed E-state index contributed by atoms with van der Waals surface area (Å²) in [6, 6.07) is 20.0. The fourth-order valence-corrected chi connectivity index (χ4v) is 3.33. The monoisotopic (exact) mass is 469 g/mol. The molecule has 3 aromatic carbocycles. The Morgan fingerprint density at radius 3 is 2.29 bits per heavy atom. The lowest BCUT2D eigenvalue weighted by Crippen LogP contribution is -2.20. The lowest BCUT2D eigenvalue weighted by molar-refractivity contribution is -0.118. The molecule has 7 nitrogen and oxygen atoms in total. The minimum Gasteiger partial charge on any atom is -0.493 e.